The lowest BCUT2D eigenvalue weighted by Gasteiger charge is -2.32. The minimum atomic E-state index is -1.08. The van der Waals surface area contributed by atoms with Gasteiger partial charge in [-0.05, 0) is 18.6 Å². The molecule has 1 unspecified atom stereocenters. The zero-order valence-corrected chi connectivity index (χ0v) is 11.8. The summed E-state index contributed by atoms with van der Waals surface area (Å²) in [4.78, 5) is 15.5. The van der Waals surface area contributed by atoms with Gasteiger partial charge < -0.3 is 14.7 Å². The van der Waals surface area contributed by atoms with Crippen LogP contribution in [-0.4, -0.2) is 61.4 Å². The number of anilines is 1. The van der Waals surface area contributed by atoms with E-state index in [9.17, 15) is 14.3 Å². The van der Waals surface area contributed by atoms with Gasteiger partial charge in [-0.25, -0.2) is 9.18 Å². The number of hydrogen-bond acceptors (Lipinski definition) is 4. The molecule has 2 fully saturated rings. The first-order chi connectivity index (χ1) is 10.2. The fourth-order valence-electron chi connectivity index (χ4n) is 3.19. The van der Waals surface area contributed by atoms with Crippen molar-refractivity contribution >= 4 is 11.7 Å². The van der Waals surface area contributed by atoms with Crippen molar-refractivity contribution in [2.45, 2.75) is 12.5 Å². The monoisotopic (exact) mass is 294 g/mol. The minimum absolute atomic E-state index is 0.0395. The maximum atomic E-state index is 14.1. The average Bonchev–Trinajstić information content (AvgIpc) is 2.97. The van der Waals surface area contributed by atoms with E-state index >= 15 is 0 Å². The van der Waals surface area contributed by atoms with Crippen LogP contribution >= 0.6 is 0 Å². The lowest BCUT2D eigenvalue weighted by atomic mass is 10.1. The van der Waals surface area contributed by atoms with Crippen LogP contribution in [0.5, 0.6) is 0 Å². The lowest BCUT2D eigenvalue weighted by Crippen LogP contribution is -2.44. The summed E-state index contributed by atoms with van der Waals surface area (Å²) < 4.78 is 19.4. The molecule has 1 atom stereocenters. The maximum Gasteiger partial charge on any atom is 0.337 e. The third-order valence-electron chi connectivity index (χ3n) is 4.26. The first-order valence-corrected chi connectivity index (χ1v) is 7.25. The normalized spacial score (nSPS) is 23.5. The van der Waals surface area contributed by atoms with Crippen LogP contribution in [0.15, 0.2) is 18.2 Å². The number of rotatable bonds is 3. The SMILES string of the molecule is O=C(O)c1cccc(F)c1N1CCC(N2CCOCC2)C1. The van der Waals surface area contributed by atoms with E-state index in [-0.39, 0.29) is 11.3 Å². The van der Waals surface area contributed by atoms with E-state index in [1.54, 1.807) is 0 Å². The summed E-state index contributed by atoms with van der Waals surface area (Å²) in [6.45, 7) is 4.60. The molecule has 1 N–H and O–H groups in total. The second kappa shape index (κ2) is 5.99. The van der Waals surface area contributed by atoms with Crippen molar-refractivity contribution in [3.8, 4) is 0 Å². The fraction of sp³-hybridized carbons (Fsp3) is 0.533. The van der Waals surface area contributed by atoms with Crippen molar-refractivity contribution < 1.29 is 19.0 Å². The summed E-state index contributed by atoms with van der Waals surface area (Å²) in [5, 5.41) is 9.24. The average molecular weight is 294 g/mol. The highest BCUT2D eigenvalue weighted by molar-refractivity contribution is 5.94. The van der Waals surface area contributed by atoms with Crippen molar-refractivity contribution in [3.63, 3.8) is 0 Å². The number of aromatic carboxylic acids is 1. The maximum absolute atomic E-state index is 14.1. The van der Waals surface area contributed by atoms with Gasteiger partial charge in [0, 0.05) is 32.2 Å². The molecule has 2 heterocycles. The number of benzene rings is 1. The summed E-state index contributed by atoms with van der Waals surface area (Å²) >= 11 is 0. The predicted molar refractivity (Wildman–Crippen MR) is 76.4 cm³/mol. The molecule has 3 rings (SSSR count). The third-order valence-corrected chi connectivity index (χ3v) is 4.26. The van der Waals surface area contributed by atoms with Crippen LogP contribution in [0.1, 0.15) is 16.8 Å². The van der Waals surface area contributed by atoms with E-state index in [0.717, 1.165) is 32.7 Å². The number of hydrogen-bond donors (Lipinski definition) is 1. The van der Waals surface area contributed by atoms with Crippen molar-refractivity contribution in [1.82, 2.24) is 4.90 Å². The molecule has 0 aromatic heterocycles. The summed E-state index contributed by atoms with van der Waals surface area (Å²) in [6, 6.07) is 4.57. The molecule has 0 spiro atoms. The van der Waals surface area contributed by atoms with Gasteiger partial charge >= 0.3 is 5.97 Å². The topological polar surface area (TPSA) is 53.0 Å². The molecule has 1 aromatic carbocycles. The molecule has 114 valence electrons. The Labute approximate surface area is 122 Å². The zero-order valence-electron chi connectivity index (χ0n) is 11.8. The Kier molecular flexibility index (Phi) is 4.07. The number of carboxylic acid groups (broad SMARTS) is 1. The number of halogens is 1. The summed E-state index contributed by atoms with van der Waals surface area (Å²) in [6.07, 6.45) is 0.924. The molecule has 0 saturated carbocycles. The number of ether oxygens (including phenoxy) is 1. The number of nitrogens with zero attached hydrogens (tertiary/aromatic N) is 2. The van der Waals surface area contributed by atoms with Crippen LogP contribution in [0.25, 0.3) is 0 Å². The van der Waals surface area contributed by atoms with Gasteiger partial charge in [-0.2, -0.15) is 0 Å². The molecule has 0 aliphatic carbocycles. The quantitative estimate of drug-likeness (QED) is 0.914. The van der Waals surface area contributed by atoms with Crippen molar-refractivity contribution in [2.24, 2.45) is 0 Å². The Morgan fingerprint density at radius 2 is 2.05 bits per heavy atom. The highest BCUT2D eigenvalue weighted by atomic mass is 19.1. The van der Waals surface area contributed by atoms with E-state index in [1.807, 2.05) is 4.90 Å². The van der Waals surface area contributed by atoms with Crippen LogP contribution in [-0.2, 0) is 4.74 Å². The highest BCUT2D eigenvalue weighted by Gasteiger charge is 2.31. The van der Waals surface area contributed by atoms with E-state index in [4.69, 9.17) is 4.74 Å². The molecule has 21 heavy (non-hydrogen) atoms. The molecule has 2 aliphatic rings. The standard InChI is InChI=1S/C15H19FN2O3/c16-13-3-1-2-12(15(19)20)14(13)18-5-4-11(10-18)17-6-8-21-9-7-17/h1-3,11H,4-10H2,(H,19,20). The van der Waals surface area contributed by atoms with Gasteiger partial charge in [-0.1, -0.05) is 6.07 Å². The highest BCUT2D eigenvalue weighted by Crippen LogP contribution is 2.29. The second-order valence-electron chi connectivity index (χ2n) is 5.48. The van der Waals surface area contributed by atoms with Crippen molar-refractivity contribution in [1.29, 1.82) is 0 Å². The Bertz CT molecular complexity index is 532. The molecule has 0 amide bonds. The van der Waals surface area contributed by atoms with Gasteiger partial charge in [0.05, 0.1) is 24.5 Å². The molecule has 5 nitrogen and oxygen atoms in total. The molecule has 2 saturated heterocycles. The lowest BCUT2D eigenvalue weighted by molar-refractivity contribution is 0.0209. The number of para-hydroxylation sites is 1. The summed E-state index contributed by atoms with van der Waals surface area (Å²) in [7, 11) is 0. The summed E-state index contributed by atoms with van der Waals surface area (Å²) in [5.74, 6) is -1.54. The molecule has 6 heteroatoms. The van der Waals surface area contributed by atoms with E-state index in [1.165, 1.54) is 18.2 Å². The largest absolute Gasteiger partial charge is 0.478 e. The van der Waals surface area contributed by atoms with Gasteiger partial charge in [-0.15, -0.1) is 0 Å². The second-order valence-corrected chi connectivity index (χ2v) is 5.48. The van der Waals surface area contributed by atoms with Gasteiger partial charge in [0.2, 0.25) is 0 Å². The van der Waals surface area contributed by atoms with Crippen LogP contribution < -0.4 is 4.90 Å². The number of carboxylic acids is 1. The smallest absolute Gasteiger partial charge is 0.337 e. The van der Waals surface area contributed by atoms with Crippen LogP contribution in [0.2, 0.25) is 0 Å². The predicted octanol–water partition coefficient (Wildman–Crippen LogP) is 1.43. The molecular weight excluding hydrogens is 275 g/mol. The Balaban J connectivity index is 1.78. The third kappa shape index (κ3) is 2.87. The van der Waals surface area contributed by atoms with E-state index < -0.39 is 11.8 Å². The first-order valence-electron chi connectivity index (χ1n) is 7.25. The van der Waals surface area contributed by atoms with Crippen LogP contribution in [0, 0.1) is 5.82 Å². The molecular formula is C15H19FN2O3. The Morgan fingerprint density at radius 1 is 1.29 bits per heavy atom. The first kappa shape index (κ1) is 14.3. The van der Waals surface area contributed by atoms with E-state index in [2.05, 4.69) is 4.90 Å². The zero-order chi connectivity index (χ0) is 14.8. The van der Waals surface area contributed by atoms with Gasteiger partial charge in [-0.3, -0.25) is 4.90 Å². The fourth-order valence-corrected chi connectivity index (χ4v) is 3.19. The van der Waals surface area contributed by atoms with Crippen LogP contribution in [0.4, 0.5) is 10.1 Å². The Morgan fingerprint density at radius 3 is 2.76 bits per heavy atom. The molecule has 2 aliphatic heterocycles. The van der Waals surface area contributed by atoms with Gasteiger partial charge in [0.15, 0.2) is 0 Å². The van der Waals surface area contributed by atoms with Crippen molar-refractivity contribution in [3.05, 3.63) is 29.6 Å². The Hall–Kier alpha value is -1.66. The molecule has 1 aromatic rings. The van der Waals surface area contributed by atoms with E-state index in [0.29, 0.717) is 19.1 Å². The van der Waals surface area contributed by atoms with Crippen molar-refractivity contribution in [2.75, 3.05) is 44.3 Å². The number of morpholine rings is 1. The van der Waals surface area contributed by atoms with Gasteiger partial charge in [0.25, 0.3) is 0 Å². The van der Waals surface area contributed by atoms with Crippen LogP contribution in [0.3, 0.4) is 0 Å². The molecule has 0 bridgehead atoms. The minimum Gasteiger partial charge on any atom is -0.478 e. The number of carbonyl (C=O) groups is 1. The molecule has 0 radical (unpaired) electrons. The van der Waals surface area contributed by atoms with Gasteiger partial charge in [0.1, 0.15) is 5.82 Å². The summed E-state index contributed by atoms with van der Waals surface area (Å²) in [5.41, 5.74) is 0.262.